The number of carbonyl (C=O) groups is 1. The number of nitro benzene ring substituents is 1. The monoisotopic (exact) mass is 423 g/mol. The second kappa shape index (κ2) is 9.67. The van der Waals surface area contributed by atoms with Crippen LogP contribution in [0.1, 0.15) is 27.0 Å². The van der Waals surface area contributed by atoms with Crippen LogP contribution in [0.4, 0.5) is 5.69 Å². The number of nitro groups is 1. The number of nitrogens with one attached hydrogen (secondary N) is 1. The molecule has 1 amide bonds. The van der Waals surface area contributed by atoms with Gasteiger partial charge in [0.2, 0.25) is 0 Å². The maximum absolute atomic E-state index is 12.3. The fraction of sp³-hybridized carbons (Fsp3) is 0.0909. The van der Waals surface area contributed by atoms with Crippen LogP contribution in [0, 0.1) is 17.0 Å². The van der Waals surface area contributed by atoms with E-state index >= 15 is 0 Å². The summed E-state index contributed by atoms with van der Waals surface area (Å²) in [4.78, 5) is 22.7. The number of hydrogen-bond donors (Lipinski definition) is 1. The number of halogens is 1. The molecule has 0 saturated carbocycles. The van der Waals surface area contributed by atoms with Gasteiger partial charge >= 0.3 is 0 Å². The standard InChI is InChI=1S/C22H18ClN3O4/c1-15-20(6-3-7-21(15)26(28)29)22(27)25-24-13-16-8-10-19(11-9-16)30-14-17-4-2-5-18(23)12-17/h2-13H,14H2,1H3,(H,25,27)/b24-13-. The number of rotatable bonds is 7. The van der Waals surface area contributed by atoms with Crippen LogP contribution in [-0.2, 0) is 6.61 Å². The number of ether oxygens (including phenoxy) is 1. The van der Waals surface area contributed by atoms with Crippen molar-refractivity contribution in [3.8, 4) is 5.75 Å². The predicted molar refractivity (Wildman–Crippen MR) is 115 cm³/mol. The third kappa shape index (κ3) is 5.42. The number of benzene rings is 3. The van der Waals surface area contributed by atoms with Gasteiger partial charge in [0.05, 0.1) is 16.7 Å². The van der Waals surface area contributed by atoms with E-state index in [4.69, 9.17) is 16.3 Å². The van der Waals surface area contributed by atoms with Gasteiger partial charge in [0.15, 0.2) is 0 Å². The van der Waals surface area contributed by atoms with E-state index in [0.717, 1.165) is 11.1 Å². The zero-order valence-electron chi connectivity index (χ0n) is 16.0. The van der Waals surface area contributed by atoms with E-state index in [1.165, 1.54) is 31.3 Å². The van der Waals surface area contributed by atoms with Gasteiger partial charge in [-0.05, 0) is 60.5 Å². The largest absolute Gasteiger partial charge is 0.489 e. The van der Waals surface area contributed by atoms with Crippen molar-refractivity contribution < 1.29 is 14.5 Å². The molecule has 0 aliphatic carbocycles. The molecule has 152 valence electrons. The normalized spacial score (nSPS) is 10.7. The van der Waals surface area contributed by atoms with Crippen LogP contribution in [-0.4, -0.2) is 17.0 Å². The summed E-state index contributed by atoms with van der Waals surface area (Å²) in [7, 11) is 0. The molecule has 0 aliphatic heterocycles. The molecule has 30 heavy (non-hydrogen) atoms. The number of amides is 1. The molecule has 0 radical (unpaired) electrons. The third-order valence-electron chi connectivity index (χ3n) is 4.30. The molecule has 3 rings (SSSR count). The minimum Gasteiger partial charge on any atom is -0.489 e. The van der Waals surface area contributed by atoms with Crippen LogP contribution in [0.2, 0.25) is 5.02 Å². The molecule has 0 unspecified atom stereocenters. The second-order valence-corrected chi connectivity index (χ2v) is 6.83. The summed E-state index contributed by atoms with van der Waals surface area (Å²) >= 11 is 5.96. The molecule has 0 atom stereocenters. The first-order valence-corrected chi connectivity index (χ1v) is 9.36. The Bertz CT molecular complexity index is 1100. The SMILES string of the molecule is Cc1c(C(=O)N/N=C\c2ccc(OCc3cccc(Cl)c3)cc2)cccc1[N+](=O)[O-]. The van der Waals surface area contributed by atoms with Crippen LogP contribution in [0.15, 0.2) is 71.8 Å². The lowest BCUT2D eigenvalue weighted by Gasteiger charge is -2.07. The fourth-order valence-electron chi connectivity index (χ4n) is 2.74. The van der Waals surface area contributed by atoms with E-state index < -0.39 is 10.8 Å². The Labute approximate surface area is 178 Å². The molecule has 0 saturated heterocycles. The van der Waals surface area contributed by atoms with E-state index in [0.29, 0.717) is 17.4 Å². The Kier molecular flexibility index (Phi) is 6.77. The summed E-state index contributed by atoms with van der Waals surface area (Å²) in [6.07, 6.45) is 1.48. The smallest absolute Gasteiger partial charge is 0.273 e. The van der Waals surface area contributed by atoms with Gasteiger partial charge in [0, 0.05) is 16.7 Å². The van der Waals surface area contributed by atoms with Gasteiger partial charge in [-0.1, -0.05) is 29.8 Å². The van der Waals surface area contributed by atoms with E-state index in [9.17, 15) is 14.9 Å². The zero-order chi connectivity index (χ0) is 21.5. The van der Waals surface area contributed by atoms with Crippen molar-refractivity contribution in [1.82, 2.24) is 5.43 Å². The van der Waals surface area contributed by atoms with Gasteiger partial charge in [-0.2, -0.15) is 5.10 Å². The average molecular weight is 424 g/mol. The first kappa shape index (κ1) is 21.0. The van der Waals surface area contributed by atoms with Crippen LogP contribution in [0.3, 0.4) is 0 Å². The Hall–Kier alpha value is -3.71. The van der Waals surface area contributed by atoms with Crippen LogP contribution < -0.4 is 10.2 Å². The lowest BCUT2D eigenvalue weighted by atomic mass is 10.1. The van der Waals surface area contributed by atoms with Crippen molar-refractivity contribution in [2.45, 2.75) is 13.5 Å². The van der Waals surface area contributed by atoms with Gasteiger partial charge in [-0.25, -0.2) is 5.43 Å². The Balaban J connectivity index is 1.57. The van der Waals surface area contributed by atoms with E-state index in [1.807, 2.05) is 18.2 Å². The van der Waals surface area contributed by atoms with Crippen LogP contribution in [0.25, 0.3) is 0 Å². The van der Waals surface area contributed by atoms with Gasteiger partial charge < -0.3 is 4.74 Å². The second-order valence-electron chi connectivity index (χ2n) is 6.39. The highest BCUT2D eigenvalue weighted by Gasteiger charge is 2.17. The molecule has 7 nitrogen and oxygen atoms in total. The molecule has 3 aromatic rings. The quantitative estimate of drug-likeness (QED) is 0.332. The third-order valence-corrected chi connectivity index (χ3v) is 4.54. The van der Waals surface area contributed by atoms with Crippen molar-refractivity contribution in [3.05, 3.63) is 104 Å². The van der Waals surface area contributed by atoms with Gasteiger partial charge in [-0.3, -0.25) is 14.9 Å². The van der Waals surface area contributed by atoms with Crippen molar-refractivity contribution in [2.24, 2.45) is 5.10 Å². The van der Waals surface area contributed by atoms with Crippen LogP contribution in [0.5, 0.6) is 5.75 Å². The summed E-state index contributed by atoms with van der Waals surface area (Å²) in [6.45, 7) is 1.92. The van der Waals surface area contributed by atoms with Gasteiger partial charge in [0.1, 0.15) is 12.4 Å². The summed E-state index contributed by atoms with van der Waals surface area (Å²) in [5, 5.41) is 15.6. The number of hydrogen-bond acceptors (Lipinski definition) is 5. The van der Waals surface area contributed by atoms with Crippen molar-refractivity contribution >= 4 is 29.4 Å². The van der Waals surface area contributed by atoms with Crippen molar-refractivity contribution in [3.63, 3.8) is 0 Å². The molecule has 3 aromatic carbocycles. The molecule has 8 heteroatoms. The van der Waals surface area contributed by atoms with Gasteiger partial charge in [-0.15, -0.1) is 0 Å². The average Bonchev–Trinajstić information content (AvgIpc) is 2.73. The summed E-state index contributed by atoms with van der Waals surface area (Å²) in [5.41, 5.74) is 4.48. The lowest BCUT2D eigenvalue weighted by Crippen LogP contribution is -2.19. The Morgan fingerprint density at radius 3 is 2.60 bits per heavy atom. The minimum atomic E-state index is -0.522. The highest BCUT2D eigenvalue weighted by Crippen LogP contribution is 2.21. The summed E-state index contributed by atoms with van der Waals surface area (Å²) in [6, 6.07) is 18.9. The fourth-order valence-corrected chi connectivity index (χ4v) is 2.95. The topological polar surface area (TPSA) is 93.8 Å². The van der Waals surface area contributed by atoms with Gasteiger partial charge in [0.25, 0.3) is 11.6 Å². The molecule has 0 aliphatic rings. The Morgan fingerprint density at radius 1 is 1.17 bits per heavy atom. The minimum absolute atomic E-state index is 0.111. The molecule has 0 heterocycles. The summed E-state index contributed by atoms with van der Waals surface area (Å²) in [5.74, 6) is 0.164. The predicted octanol–water partition coefficient (Wildman–Crippen LogP) is 4.90. The molecule has 0 aromatic heterocycles. The number of nitrogens with zero attached hydrogens (tertiary/aromatic N) is 2. The zero-order valence-corrected chi connectivity index (χ0v) is 16.8. The summed E-state index contributed by atoms with van der Waals surface area (Å²) < 4.78 is 5.72. The van der Waals surface area contributed by atoms with Crippen molar-refractivity contribution in [1.29, 1.82) is 0 Å². The highest BCUT2D eigenvalue weighted by atomic mass is 35.5. The molecule has 1 N–H and O–H groups in total. The molecule has 0 spiro atoms. The Morgan fingerprint density at radius 2 is 1.90 bits per heavy atom. The molecular weight excluding hydrogens is 406 g/mol. The maximum atomic E-state index is 12.3. The van der Waals surface area contributed by atoms with Crippen molar-refractivity contribution in [2.75, 3.05) is 0 Å². The molecular formula is C22H18ClN3O4. The van der Waals surface area contributed by atoms with Crippen LogP contribution >= 0.6 is 11.6 Å². The van der Waals surface area contributed by atoms with E-state index in [2.05, 4.69) is 10.5 Å². The van der Waals surface area contributed by atoms with E-state index in [-0.39, 0.29) is 16.8 Å². The lowest BCUT2D eigenvalue weighted by molar-refractivity contribution is -0.385. The molecule has 0 bridgehead atoms. The highest BCUT2D eigenvalue weighted by molar-refractivity contribution is 6.30. The maximum Gasteiger partial charge on any atom is 0.273 e. The number of hydrazone groups is 1. The molecule has 0 fully saturated rings. The first-order valence-electron chi connectivity index (χ1n) is 8.99. The number of carbonyl (C=O) groups excluding carboxylic acids is 1. The first-order chi connectivity index (χ1) is 14.4. The van der Waals surface area contributed by atoms with E-state index in [1.54, 1.807) is 30.3 Å².